The largest absolute Gasteiger partial charge is 0.0999 e. The molecule has 0 saturated heterocycles. The summed E-state index contributed by atoms with van der Waals surface area (Å²) >= 11 is 0. The second-order valence-corrected chi connectivity index (χ2v) is 5.62. The molecule has 0 bridgehead atoms. The quantitative estimate of drug-likeness (QED) is 0.573. The lowest BCUT2D eigenvalue weighted by Crippen LogP contribution is -2.22. The van der Waals surface area contributed by atoms with E-state index in [1.807, 2.05) is 0 Å². The van der Waals surface area contributed by atoms with E-state index in [0.29, 0.717) is 0 Å². The Labute approximate surface area is 89.8 Å². The molecule has 1 saturated carbocycles. The molecule has 0 heteroatoms. The van der Waals surface area contributed by atoms with Gasteiger partial charge in [0, 0.05) is 0 Å². The summed E-state index contributed by atoms with van der Waals surface area (Å²) in [6, 6.07) is 0. The van der Waals surface area contributed by atoms with Gasteiger partial charge in [0.25, 0.3) is 0 Å². The van der Waals surface area contributed by atoms with Crippen molar-refractivity contribution in [3.63, 3.8) is 0 Å². The predicted molar refractivity (Wildman–Crippen MR) is 64.3 cm³/mol. The molecule has 0 amide bonds. The Hall–Kier alpha value is -0.260. The van der Waals surface area contributed by atoms with Crippen molar-refractivity contribution in [1.29, 1.82) is 0 Å². The maximum Gasteiger partial charge on any atom is -0.0234 e. The first-order chi connectivity index (χ1) is 6.50. The van der Waals surface area contributed by atoms with Crippen molar-refractivity contribution in [1.82, 2.24) is 0 Å². The van der Waals surface area contributed by atoms with Crippen LogP contribution in [0.3, 0.4) is 0 Å². The minimum atomic E-state index is 0.723. The van der Waals surface area contributed by atoms with Gasteiger partial charge in [0.1, 0.15) is 0 Å². The first-order valence-electron chi connectivity index (χ1n) is 6.16. The van der Waals surface area contributed by atoms with Gasteiger partial charge in [-0.25, -0.2) is 0 Å². The molecule has 1 aliphatic carbocycles. The van der Waals surface area contributed by atoms with Crippen molar-refractivity contribution in [2.75, 3.05) is 0 Å². The molecule has 0 aromatic carbocycles. The van der Waals surface area contributed by atoms with Crippen molar-refractivity contribution < 1.29 is 0 Å². The molecule has 1 rings (SSSR count). The van der Waals surface area contributed by atoms with Crippen molar-refractivity contribution in [2.24, 2.45) is 23.7 Å². The van der Waals surface area contributed by atoms with Crippen LogP contribution in [0.25, 0.3) is 0 Å². The third-order valence-electron chi connectivity index (χ3n) is 4.23. The lowest BCUT2D eigenvalue weighted by Gasteiger charge is -2.33. The Bertz CT molecular complexity index is 192. The van der Waals surface area contributed by atoms with Crippen molar-refractivity contribution >= 4 is 0 Å². The van der Waals surface area contributed by atoms with Gasteiger partial charge in [0.05, 0.1) is 0 Å². The highest BCUT2D eigenvalue weighted by Gasteiger charge is 2.25. The Morgan fingerprint density at radius 3 is 2.43 bits per heavy atom. The Morgan fingerprint density at radius 2 is 1.93 bits per heavy atom. The molecule has 0 heterocycles. The number of rotatable bonds is 3. The van der Waals surface area contributed by atoms with Crippen LogP contribution in [0.1, 0.15) is 53.4 Å². The molecular formula is C14H26. The zero-order valence-corrected chi connectivity index (χ0v) is 10.3. The molecule has 1 fully saturated rings. The van der Waals surface area contributed by atoms with Crippen molar-refractivity contribution in [3.8, 4) is 0 Å². The fourth-order valence-electron chi connectivity index (χ4n) is 2.57. The molecule has 0 radical (unpaired) electrons. The molecule has 0 spiro atoms. The van der Waals surface area contributed by atoms with Crippen LogP contribution in [-0.4, -0.2) is 0 Å². The molecule has 4 unspecified atom stereocenters. The van der Waals surface area contributed by atoms with E-state index in [0.717, 1.165) is 23.7 Å². The SMILES string of the molecule is C=C(C)C(C)CC1CCC(C)C(C)C1. The highest BCUT2D eigenvalue weighted by molar-refractivity contribution is 4.95. The van der Waals surface area contributed by atoms with Gasteiger partial charge in [-0.05, 0) is 43.4 Å². The molecule has 4 atom stereocenters. The van der Waals surface area contributed by atoms with Gasteiger partial charge >= 0.3 is 0 Å². The molecule has 0 aromatic rings. The predicted octanol–water partition coefficient (Wildman–Crippen LogP) is 4.66. The van der Waals surface area contributed by atoms with Crippen LogP contribution in [0.5, 0.6) is 0 Å². The van der Waals surface area contributed by atoms with Gasteiger partial charge in [-0.1, -0.05) is 45.8 Å². The molecule has 0 N–H and O–H groups in total. The topological polar surface area (TPSA) is 0 Å². The minimum Gasteiger partial charge on any atom is -0.0999 e. The summed E-state index contributed by atoms with van der Waals surface area (Å²) in [6.07, 6.45) is 5.70. The zero-order valence-electron chi connectivity index (χ0n) is 10.3. The average Bonchev–Trinajstić information content (AvgIpc) is 2.11. The van der Waals surface area contributed by atoms with Crippen LogP contribution < -0.4 is 0 Å². The normalized spacial score (nSPS) is 35.3. The average molecular weight is 194 g/mol. The summed E-state index contributed by atoms with van der Waals surface area (Å²) in [6.45, 7) is 13.4. The van der Waals surface area contributed by atoms with Crippen LogP contribution in [0, 0.1) is 23.7 Å². The second kappa shape index (κ2) is 5.00. The summed E-state index contributed by atoms with van der Waals surface area (Å²) < 4.78 is 0. The third-order valence-corrected chi connectivity index (χ3v) is 4.23. The van der Waals surface area contributed by atoms with Gasteiger partial charge in [-0.2, -0.15) is 0 Å². The Kier molecular flexibility index (Phi) is 4.22. The number of hydrogen-bond donors (Lipinski definition) is 0. The van der Waals surface area contributed by atoms with Crippen LogP contribution >= 0.6 is 0 Å². The highest BCUT2D eigenvalue weighted by Crippen LogP contribution is 2.37. The Balaban J connectivity index is 2.36. The van der Waals surface area contributed by atoms with E-state index in [-0.39, 0.29) is 0 Å². The molecule has 14 heavy (non-hydrogen) atoms. The van der Waals surface area contributed by atoms with Gasteiger partial charge in [0.15, 0.2) is 0 Å². The lowest BCUT2D eigenvalue weighted by molar-refractivity contribution is 0.190. The van der Waals surface area contributed by atoms with Crippen LogP contribution in [0.2, 0.25) is 0 Å². The standard InChI is InChI=1S/C14H26/c1-10(2)12(4)8-14-7-6-11(3)13(5)9-14/h11-14H,1,6-9H2,2-5H3. The summed E-state index contributed by atoms with van der Waals surface area (Å²) in [5, 5.41) is 0. The van der Waals surface area contributed by atoms with E-state index in [1.165, 1.54) is 31.3 Å². The smallest absolute Gasteiger partial charge is 0.0234 e. The molecule has 0 nitrogen and oxygen atoms in total. The third kappa shape index (κ3) is 3.15. The van der Waals surface area contributed by atoms with E-state index in [9.17, 15) is 0 Å². The summed E-state index contributed by atoms with van der Waals surface area (Å²) in [5.41, 5.74) is 1.36. The molecule has 0 aromatic heterocycles. The highest BCUT2D eigenvalue weighted by atomic mass is 14.3. The summed E-state index contributed by atoms with van der Waals surface area (Å²) in [5.74, 6) is 3.57. The minimum absolute atomic E-state index is 0.723. The first-order valence-corrected chi connectivity index (χ1v) is 6.16. The van der Waals surface area contributed by atoms with Gasteiger partial charge in [0.2, 0.25) is 0 Å². The lowest BCUT2D eigenvalue weighted by atomic mass is 9.73. The monoisotopic (exact) mass is 194 g/mol. The van der Waals surface area contributed by atoms with Crippen molar-refractivity contribution in [2.45, 2.75) is 53.4 Å². The maximum atomic E-state index is 4.05. The summed E-state index contributed by atoms with van der Waals surface area (Å²) in [4.78, 5) is 0. The van der Waals surface area contributed by atoms with Crippen molar-refractivity contribution in [3.05, 3.63) is 12.2 Å². The molecular weight excluding hydrogens is 168 g/mol. The first kappa shape index (κ1) is 11.8. The molecule has 0 aliphatic heterocycles. The Morgan fingerprint density at radius 1 is 1.29 bits per heavy atom. The molecule has 82 valence electrons. The second-order valence-electron chi connectivity index (χ2n) is 5.62. The van der Waals surface area contributed by atoms with Gasteiger partial charge < -0.3 is 0 Å². The van der Waals surface area contributed by atoms with Crippen LogP contribution in [0.15, 0.2) is 12.2 Å². The van der Waals surface area contributed by atoms with E-state index in [1.54, 1.807) is 0 Å². The van der Waals surface area contributed by atoms with E-state index < -0.39 is 0 Å². The summed E-state index contributed by atoms with van der Waals surface area (Å²) in [7, 11) is 0. The van der Waals surface area contributed by atoms with E-state index in [2.05, 4.69) is 34.3 Å². The van der Waals surface area contributed by atoms with Gasteiger partial charge in [-0.15, -0.1) is 0 Å². The maximum absolute atomic E-state index is 4.05. The molecule has 1 aliphatic rings. The zero-order chi connectivity index (χ0) is 10.7. The van der Waals surface area contributed by atoms with Crippen LogP contribution in [-0.2, 0) is 0 Å². The van der Waals surface area contributed by atoms with Crippen LogP contribution in [0.4, 0.5) is 0 Å². The van der Waals surface area contributed by atoms with E-state index in [4.69, 9.17) is 0 Å². The fraction of sp³-hybridized carbons (Fsp3) is 0.857. The number of hydrogen-bond acceptors (Lipinski definition) is 0. The number of allylic oxidation sites excluding steroid dienone is 1. The fourth-order valence-corrected chi connectivity index (χ4v) is 2.57. The van der Waals surface area contributed by atoms with E-state index >= 15 is 0 Å². The van der Waals surface area contributed by atoms with Gasteiger partial charge in [-0.3, -0.25) is 0 Å².